The molecule has 4 rings (SSSR count). The number of nitrogens with one attached hydrogen (secondary N) is 2. The topological polar surface area (TPSA) is 128 Å². The van der Waals surface area contributed by atoms with Gasteiger partial charge in [0.15, 0.2) is 11.6 Å². The number of carbonyl (C=O) groups excluding carboxylic acids is 2. The van der Waals surface area contributed by atoms with Gasteiger partial charge in [0.1, 0.15) is 22.9 Å². The van der Waals surface area contributed by atoms with Crippen LogP contribution in [0.2, 0.25) is 0 Å². The van der Waals surface area contributed by atoms with Crippen molar-refractivity contribution >= 4 is 17.8 Å². The number of ether oxygens (including phenoxy) is 4. The number of methoxy groups -OCH3 is 1. The Bertz CT molecular complexity index is 1490. The van der Waals surface area contributed by atoms with Gasteiger partial charge in [0.25, 0.3) is 5.91 Å². The zero-order valence-corrected chi connectivity index (χ0v) is 26.0. The van der Waals surface area contributed by atoms with Crippen molar-refractivity contribution in [3.8, 4) is 11.5 Å². The van der Waals surface area contributed by atoms with Gasteiger partial charge in [-0.15, -0.1) is 0 Å². The molecule has 240 valence electrons. The predicted octanol–water partition coefficient (Wildman–Crippen LogP) is 4.80. The molecule has 45 heavy (non-hydrogen) atoms. The molecule has 0 saturated carbocycles. The van der Waals surface area contributed by atoms with Gasteiger partial charge >= 0.3 is 5.97 Å². The van der Waals surface area contributed by atoms with Crippen molar-refractivity contribution in [2.75, 3.05) is 20.3 Å². The predicted molar refractivity (Wildman–Crippen MR) is 166 cm³/mol. The minimum atomic E-state index is -1.63. The van der Waals surface area contributed by atoms with Crippen molar-refractivity contribution in [1.82, 2.24) is 10.9 Å². The maximum Gasteiger partial charge on any atom is 0.306 e. The molecule has 0 spiro atoms. The molecule has 0 radical (unpaired) electrons. The SMILES string of the molecule is COc1cccc([C@@H]2OC(c3ccc(OCCCO)cc3)=N[C@]2(CCC(=O)OC(C)(C)C)C(=O)NNCc2ccccc2F)c1. The van der Waals surface area contributed by atoms with Crippen molar-refractivity contribution in [2.24, 2.45) is 4.99 Å². The van der Waals surface area contributed by atoms with Gasteiger partial charge < -0.3 is 24.1 Å². The molecule has 3 N–H and O–H groups in total. The number of aliphatic hydroxyl groups is 1. The first-order valence-corrected chi connectivity index (χ1v) is 14.8. The second-order valence-electron chi connectivity index (χ2n) is 11.6. The molecular weight excluding hydrogens is 581 g/mol. The van der Waals surface area contributed by atoms with Crippen LogP contribution < -0.4 is 20.3 Å². The van der Waals surface area contributed by atoms with Gasteiger partial charge in [-0.1, -0.05) is 30.3 Å². The van der Waals surface area contributed by atoms with E-state index < -0.39 is 34.9 Å². The summed E-state index contributed by atoms with van der Waals surface area (Å²) in [5.41, 5.74) is 4.70. The van der Waals surface area contributed by atoms with E-state index in [1.54, 1.807) is 87.5 Å². The second-order valence-corrected chi connectivity index (χ2v) is 11.6. The van der Waals surface area contributed by atoms with Gasteiger partial charge in [-0.3, -0.25) is 15.0 Å². The number of nitrogens with zero attached hydrogens (tertiary/aromatic N) is 1. The third-order valence-corrected chi connectivity index (χ3v) is 7.00. The third kappa shape index (κ3) is 8.80. The molecule has 1 heterocycles. The van der Waals surface area contributed by atoms with Gasteiger partial charge in [-0.05, 0) is 75.2 Å². The number of amides is 1. The number of hydrazine groups is 1. The Labute approximate surface area is 262 Å². The molecule has 2 atom stereocenters. The molecule has 3 aromatic carbocycles. The fourth-order valence-corrected chi connectivity index (χ4v) is 4.83. The monoisotopic (exact) mass is 621 g/mol. The molecule has 0 bridgehead atoms. The number of hydrogen-bond acceptors (Lipinski definition) is 9. The smallest absolute Gasteiger partial charge is 0.306 e. The van der Waals surface area contributed by atoms with Crippen LogP contribution in [-0.4, -0.2) is 54.3 Å². The minimum absolute atomic E-state index is 0.0134. The number of carbonyl (C=O) groups is 2. The molecular formula is C34H40FN3O7. The summed E-state index contributed by atoms with van der Waals surface area (Å²) < 4.78 is 37.4. The number of aliphatic imine (C=N–C) groups is 1. The summed E-state index contributed by atoms with van der Waals surface area (Å²) in [5, 5.41) is 9.03. The number of aliphatic hydroxyl groups excluding tert-OH is 1. The fraction of sp³-hybridized carbons (Fsp3) is 0.382. The Balaban J connectivity index is 1.70. The van der Waals surface area contributed by atoms with Crippen LogP contribution in [0.5, 0.6) is 11.5 Å². The van der Waals surface area contributed by atoms with E-state index in [1.165, 1.54) is 13.2 Å². The molecule has 1 aliphatic rings. The van der Waals surface area contributed by atoms with Gasteiger partial charge in [0.2, 0.25) is 5.90 Å². The molecule has 0 aromatic heterocycles. The summed E-state index contributed by atoms with van der Waals surface area (Å²) in [4.78, 5) is 32.0. The lowest BCUT2D eigenvalue weighted by atomic mass is 9.83. The standard InChI is InChI=1S/C34H40FN3O7/c1-33(2,3)45-29(40)17-18-34(32(41)38-36-22-25-9-5-6-12-28(25)35)30(24-10-7-11-27(21-24)42-4)44-31(37-34)23-13-15-26(16-14-23)43-20-8-19-39/h5-7,9-16,21,30,36,39H,8,17-20,22H2,1-4H3,(H,38,41)/t30-,34-/m0/s1. The minimum Gasteiger partial charge on any atom is -0.497 e. The summed E-state index contributed by atoms with van der Waals surface area (Å²) in [6, 6.07) is 20.3. The highest BCUT2D eigenvalue weighted by atomic mass is 19.1. The Morgan fingerprint density at radius 3 is 2.49 bits per heavy atom. The van der Waals surface area contributed by atoms with Crippen LogP contribution in [0.15, 0.2) is 77.8 Å². The molecule has 11 heteroatoms. The zero-order valence-electron chi connectivity index (χ0n) is 26.0. The van der Waals surface area contributed by atoms with Gasteiger partial charge in [0, 0.05) is 37.1 Å². The van der Waals surface area contributed by atoms with E-state index >= 15 is 0 Å². The quantitative estimate of drug-likeness (QED) is 0.133. The maximum atomic E-state index is 14.3. The molecule has 3 aromatic rings. The van der Waals surface area contributed by atoms with Gasteiger partial charge in [-0.25, -0.2) is 14.8 Å². The molecule has 0 unspecified atom stereocenters. The van der Waals surface area contributed by atoms with E-state index in [0.29, 0.717) is 41.2 Å². The Hall–Kier alpha value is -4.48. The first-order chi connectivity index (χ1) is 21.5. The van der Waals surface area contributed by atoms with Crippen LogP contribution in [0.3, 0.4) is 0 Å². The Morgan fingerprint density at radius 2 is 1.80 bits per heavy atom. The molecule has 0 aliphatic carbocycles. The van der Waals surface area contributed by atoms with Crippen molar-refractivity contribution < 1.29 is 38.0 Å². The highest BCUT2D eigenvalue weighted by Crippen LogP contribution is 2.44. The lowest BCUT2D eigenvalue weighted by molar-refractivity contribution is -0.155. The van der Waals surface area contributed by atoms with E-state index in [9.17, 15) is 14.0 Å². The third-order valence-electron chi connectivity index (χ3n) is 7.00. The summed E-state index contributed by atoms with van der Waals surface area (Å²) in [6.45, 7) is 5.71. The highest BCUT2D eigenvalue weighted by molar-refractivity contribution is 6.01. The summed E-state index contributed by atoms with van der Waals surface area (Å²) in [5.74, 6) is -0.144. The molecule has 10 nitrogen and oxygen atoms in total. The van der Waals surface area contributed by atoms with E-state index in [2.05, 4.69) is 10.9 Å². The van der Waals surface area contributed by atoms with Crippen LogP contribution >= 0.6 is 0 Å². The highest BCUT2D eigenvalue weighted by Gasteiger charge is 2.53. The van der Waals surface area contributed by atoms with E-state index in [1.807, 2.05) is 0 Å². The molecule has 1 amide bonds. The van der Waals surface area contributed by atoms with E-state index in [-0.39, 0.29) is 31.9 Å². The van der Waals surface area contributed by atoms with E-state index in [0.717, 1.165) is 0 Å². The Kier molecular flexibility index (Phi) is 11.1. The maximum absolute atomic E-state index is 14.3. The second kappa shape index (κ2) is 15.0. The van der Waals surface area contributed by atoms with Gasteiger partial charge in [-0.2, -0.15) is 0 Å². The normalized spacial score (nSPS) is 17.6. The van der Waals surface area contributed by atoms with Gasteiger partial charge in [0.05, 0.1) is 13.7 Å². The summed E-state index contributed by atoms with van der Waals surface area (Å²) >= 11 is 0. The number of rotatable bonds is 14. The number of esters is 1. The largest absolute Gasteiger partial charge is 0.497 e. The van der Waals surface area contributed by atoms with E-state index in [4.69, 9.17) is 29.0 Å². The first kappa shape index (κ1) is 33.4. The molecule has 0 fully saturated rings. The average molecular weight is 622 g/mol. The van der Waals surface area contributed by atoms with Crippen molar-refractivity contribution in [3.63, 3.8) is 0 Å². The van der Waals surface area contributed by atoms with Crippen LogP contribution in [0, 0.1) is 5.82 Å². The molecule has 0 saturated heterocycles. The van der Waals surface area contributed by atoms with Crippen LogP contribution in [-0.2, 0) is 25.6 Å². The molecule has 1 aliphatic heterocycles. The van der Waals surface area contributed by atoms with Crippen LogP contribution in [0.25, 0.3) is 0 Å². The summed E-state index contributed by atoms with van der Waals surface area (Å²) in [6.07, 6.45) is -0.639. The van der Waals surface area contributed by atoms with Crippen LogP contribution in [0.4, 0.5) is 4.39 Å². The lowest BCUT2D eigenvalue weighted by Crippen LogP contribution is -2.52. The number of hydrogen-bond donors (Lipinski definition) is 3. The number of halogens is 1. The average Bonchev–Trinajstić information content (AvgIpc) is 3.42. The van der Waals surface area contributed by atoms with Crippen molar-refractivity contribution in [1.29, 1.82) is 0 Å². The summed E-state index contributed by atoms with van der Waals surface area (Å²) in [7, 11) is 1.54. The number of benzene rings is 3. The fourth-order valence-electron chi connectivity index (χ4n) is 4.83. The van der Waals surface area contributed by atoms with Crippen molar-refractivity contribution in [3.05, 3.63) is 95.3 Å². The van der Waals surface area contributed by atoms with Crippen LogP contribution in [0.1, 0.15) is 62.8 Å². The first-order valence-electron chi connectivity index (χ1n) is 14.8. The Morgan fingerprint density at radius 1 is 1.04 bits per heavy atom. The zero-order chi connectivity index (χ0) is 32.5. The lowest BCUT2D eigenvalue weighted by Gasteiger charge is -2.31. The van der Waals surface area contributed by atoms with Crippen molar-refractivity contribution in [2.45, 2.75) is 63.8 Å².